The average Bonchev–Trinajstić information content (AvgIpc) is 2.77. The predicted octanol–water partition coefficient (Wildman–Crippen LogP) is 2.73. The molecule has 0 aliphatic rings. The zero-order valence-electron chi connectivity index (χ0n) is 19.2. The molecule has 2 atom stereocenters. The van der Waals surface area contributed by atoms with Gasteiger partial charge in [0.15, 0.2) is 0 Å². The lowest BCUT2D eigenvalue weighted by atomic mass is 10.1. The van der Waals surface area contributed by atoms with Crippen molar-refractivity contribution in [1.82, 2.24) is 10.6 Å². The molecule has 0 heterocycles. The molecular weight excluding hydrogens is 424 g/mol. The number of aliphatic hydroxyl groups excluding tert-OH is 1. The Hall–Kier alpha value is -3.39. The maximum Gasteiger partial charge on any atom is 0.407 e. The number of alkyl carbamates (subject to hydrolysis) is 1. The van der Waals surface area contributed by atoms with E-state index in [9.17, 15) is 19.5 Å². The first-order valence-electron chi connectivity index (χ1n) is 10.8. The van der Waals surface area contributed by atoms with Gasteiger partial charge in [0.05, 0.1) is 0 Å². The molecule has 8 heteroatoms. The van der Waals surface area contributed by atoms with Crippen LogP contribution in [0.1, 0.15) is 38.3 Å². The highest BCUT2D eigenvalue weighted by molar-refractivity contribution is 5.87. The maximum absolute atomic E-state index is 12.7. The number of carbonyl (C=O) groups excluding carboxylic acids is 3. The predicted molar refractivity (Wildman–Crippen MR) is 123 cm³/mol. The average molecular weight is 457 g/mol. The minimum Gasteiger partial charge on any atom is -0.459 e. The molecular formula is C25H32N2O6. The van der Waals surface area contributed by atoms with E-state index in [2.05, 4.69) is 10.6 Å². The minimum absolute atomic E-state index is 0.0330. The SMILES string of the molecule is CC(C)(C)OC(=O)NCC[C@H](O)C(=O)N[C@@H](Cc1ccccc1)C(=O)OCc1ccccc1. The van der Waals surface area contributed by atoms with Crippen LogP contribution in [0.4, 0.5) is 4.79 Å². The summed E-state index contributed by atoms with van der Waals surface area (Å²) in [6, 6.07) is 17.4. The topological polar surface area (TPSA) is 114 Å². The monoisotopic (exact) mass is 456 g/mol. The van der Waals surface area contributed by atoms with E-state index in [-0.39, 0.29) is 26.0 Å². The summed E-state index contributed by atoms with van der Waals surface area (Å²) in [4.78, 5) is 36.9. The summed E-state index contributed by atoms with van der Waals surface area (Å²) in [5, 5.41) is 15.3. The molecule has 2 aromatic rings. The first kappa shape index (κ1) is 25.9. The molecule has 0 unspecified atom stereocenters. The summed E-state index contributed by atoms with van der Waals surface area (Å²) in [6.45, 7) is 5.31. The van der Waals surface area contributed by atoms with Gasteiger partial charge in [-0.05, 0) is 38.3 Å². The van der Waals surface area contributed by atoms with Crippen molar-refractivity contribution < 1.29 is 29.0 Å². The zero-order valence-corrected chi connectivity index (χ0v) is 19.2. The van der Waals surface area contributed by atoms with E-state index in [0.717, 1.165) is 11.1 Å². The lowest BCUT2D eigenvalue weighted by Gasteiger charge is -2.21. The third-order valence-electron chi connectivity index (χ3n) is 4.50. The highest BCUT2D eigenvalue weighted by atomic mass is 16.6. The van der Waals surface area contributed by atoms with Gasteiger partial charge in [-0.15, -0.1) is 0 Å². The first-order chi connectivity index (χ1) is 15.6. The smallest absolute Gasteiger partial charge is 0.407 e. The number of carbonyl (C=O) groups is 3. The van der Waals surface area contributed by atoms with Crippen LogP contribution in [-0.2, 0) is 32.1 Å². The van der Waals surface area contributed by atoms with Crippen LogP contribution in [0, 0.1) is 0 Å². The molecule has 178 valence electrons. The molecule has 0 aromatic heterocycles. The van der Waals surface area contributed by atoms with E-state index in [1.807, 2.05) is 60.7 Å². The standard InChI is InChI=1S/C25H32N2O6/c1-25(2,3)33-24(31)26-15-14-21(28)22(29)27-20(16-18-10-6-4-7-11-18)23(30)32-17-19-12-8-5-9-13-19/h4-13,20-21,28H,14-17H2,1-3H3,(H,26,31)(H,27,29)/t20-,21-/m0/s1. The Labute approximate surface area is 194 Å². The fraction of sp³-hybridized carbons (Fsp3) is 0.400. The summed E-state index contributed by atoms with van der Waals surface area (Å²) < 4.78 is 10.5. The Morgan fingerprint density at radius 3 is 2.09 bits per heavy atom. The van der Waals surface area contributed by atoms with Crippen molar-refractivity contribution in [3.8, 4) is 0 Å². The van der Waals surface area contributed by atoms with Gasteiger partial charge in [0.25, 0.3) is 0 Å². The Morgan fingerprint density at radius 1 is 0.939 bits per heavy atom. The van der Waals surface area contributed by atoms with Crippen molar-refractivity contribution in [1.29, 1.82) is 0 Å². The van der Waals surface area contributed by atoms with E-state index in [1.54, 1.807) is 20.8 Å². The fourth-order valence-corrected chi connectivity index (χ4v) is 2.90. The van der Waals surface area contributed by atoms with Crippen LogP contribution in [0.5, 0.6) is 0 Å². The van der Waals surface area contributed by atoms with Crippen molar-refractivity contribution in [2.75, 3.05) is 6.54 Å². The van der Waals surface area contributed by atoms with Gasteiger partial charge in [0.1, 0.15) is 24.4 Å². The molecule has 0 saturated heterocycles. The van der Waals surface area contributed by atoms with Crippen molar-refractivity contribution >= 4 is 18.0 Å². The number of esters is 1. The number of hydrogen-bond donors (Lipinski definition) is 3. The van der Waals surface area contributed by atoms with Crippen molar-refractivity contribution in [2.45, 2.75) is 58.0 Å². The quantitative estimate of drug-likeness (QED) is 0.474. The molecule has 0 radical (unpaired) electrons. The number of hydrogen-bond acceptors (Lipinski definition) is 6. The van der Waals surface area contributed by atoms with E-state index < -0.39 is 35.7 Å². The Balaban J connectivity index is 1.92. The van der Waals surface area contributed by atoms with Gasteiger partial charge in [-0.1, -0.05) is 60.7 Å². The van der Waals surface area contributed by atoms with Crippen molar-refractivity contribution in [3.05, 3.63) is 71.8 Å². The van der Waals surface area contributed by atoms with Gasteiger partial charge in [-0.25, -0.2) is 9.59 Å². The van der Waals surface area contributed by atoms with Gasteiger partial charge < -0.3 is 25.2 Å². The van der Waals surface area contributed by atoms with Gasteiger partial charge in [-0.2, -0.15) is 0 Å². The maximum atomic E-state index is 12.7. The summed E-state index contributed by atoms with van der Waals surface area (Å²) in [5.41, 5.74) is 1.01. The van der Waals surface area contributed by atoms with E-state index in [0.29, 0.717) is 0 Å². The van der Waals surface area contributed by atoms with E-state index in [1.165, 1.54) is 0 Å². The molecule has 0 aliphatic carbocycles. The Morgan fingerprint density at radius 2 is 1.52 bits per heavy atom. The van der Waals surface area contributed by atoms with Crippen molar-refractivity contribution in [3.63, 3.8) is 0 Å². The number of ether oxygens (including phenoxy) is 2. The van der Waals surface area contributed by atoms with Crippen LogP contribution in [0.25, 0.3) is 0 Å². The van der Waals surface area contributed by atoms with Crippen LogP contribution in [0.3, 0.4) is 0 Å². The Kier molecular flexibility index (Phi) is 9.87. The molecule has 8 nitrogen and oxygen atoms in total. The molecule has 2 rings (SSSR count). The molecule has 2 amide bonds. The number of benzene rings is 2. The van der Waals surface area contributed by atoms with Gasteiger partial charge >= 0.3 is 12.1 Å². The van der Waals surface area contributed by atoms with Gasteiger partial charge in [-0.3, -0.25) is 4.79 Å². The summed E-state index contributed by atoms with van der Waals surface area (Å²) >= 11 is 0. The molecule has 0 fully saturated rings. The normalized spacial score (nSPS) is 12.8. The zero-order chi connectivity index (χ0) is 24.3. The molecule has 33 heavy (non-hydrogen) atoms. The second kappa shape index (κ2) is 12.6. The molecule has 0 aliphatic heterocycles. The molecule has 0 saturated carbocycles. The van der Waals surface area contributed by atoms with Gasteiger partial charge in [0, 0.05) is 13.0 Å². The second-order valence-electron chi connectivity index (χ2n) is 8.58. The number of amides is 2. The van der Waals surface area contributed by atoms with Crippen LogP contribution >= 0.6 is 0 Å². The highest BCUT2D eigenvalue weighted by Crippen LogP contribution is 2.09. The first-order valence-corrected chi connectivity index (χ1v) is 10.8. The number of nitrogens with one attached hydrogen (secondary N) is 2. The second-order valence-corrected chi connectivity index (χ2v) is 8.58. The number of aliphatic hydroxyl groups is 1. The molecule has 3 N–H and O–H groups in total. The molecule has 2 aromatic carbocycles. The number of rotatable bonds is 10. The summed E-state index contributed by atoms with van der Waals surface area (Å²) in [7, 11) is 0. The van der Waals surface area contributed by atoms with E-state index >= 15 is 0 Å². The van der Waals surface area contributed by atoms with Crippen LogP contribution in [0.15, 0.2) is 60.7 Å². The van der Waals surface area contributed by atoms with E-state index in [4.69, 9.17) is 9.47 Å². The van der Waals surface area contributed by atoms with Crippen LogP contribution < -0.4 is 10.6 Å². The molecule has 0 bridgehead atoms. The highest BCUT2D eigenvalue weighted by Gasteiger charge is 2.26. The summed E-state index contributed by atoms with van der Waals surface area (Å²) in [5.74, 6) is -1.33. The lowest BCUT2D eigenvalue weighted by Crippen LogP contribution is -2.48. The van der Waals surface area contributed by atoms with Crippen molar-refractivity contribution in [2.24, 2.45) is 0 Å². The largest absolute Gasteiger partial charge is 0.459 e. The summed E-state index contributed by atoms with van der Waals surface area (Å²) in [6.07, 6.45) is -1.88. The minimum atomic E-state index is -1.42. The van der Waals surface area contributed by atoms with Gasteiger partial charge in [0.2, 0.25) is 5.91 Å². The molecule has 0 spiro atoms. The third-order valence-corrected chi connectivity index (χ3v) is 4.50. The van der Waals surface area contributed by atoms with Crippen LogP contribution in [-0.4, -0.2) is 47.4 Å². The fourth-order valence-electron chi connectivity index (χ4n) is 2.90. The third kappa shape index (κ3) is 10.2. The Bertz CT molecular complexity index is 896. The lowest BCUT2D eigenvalue weighted by molar-refractivity contribution is -0.150. The van der Waals surface area contributed by atoms with Crippen LogP contribution in [0.2, 0.25) is 0 Å².